The largest absolute Gasteiger partial charge is 0.318 e. The standard InChI is InChI=1S/C15H33N3O2S/c1-5-7-11-17(14(3)6-2)21(19,20)18-12-9-8-10-15(18)13-16-4/h14-16H,5-13H2,1-4H3. The fourth-order valence-electron chi connectivity index (χ4n) is 2.93. The van der Waals surface area contributed by atoms with Crippen molar-refractivity contribution >= 4 is 10.2 Å². The molecule has 5 nitrogen and oxygen atoms in total. The molecule has 126 valence electrons. The van der Waals surface area contributed by atoms with E-state index in [1.165, 1.54) is 0 Å². The minimum Gasteiger partial charge on any atom is -0.318 e. The number of hydrogen-bond donors (Lipinski definition) is 1. The molecule has 1 N–H and O–H groups in total. The van der Waals surface area contributed by atoms with Crippen LogP contribution in [0.5, 0.6) is 0 Å². The van der Waals surface area contributed by atoms with Crippen molar-refractivity contribution in [3.8, 4) is 0 Å². The molecule has 0 aromatic heterocycles. The Morgan fingerprint density at radius 3 is 2.62 bits per heavy atom. The summed E-state index contributed by atoms with van der Waals surface area (Å²) in [5.41, 5.74) is 0. The molecular weight excluding hydrogens is 286 g/mol. The predicted octanol–water partition coefficient (Wildman–Crippen LogP) is 2.21. The molecule has 2 unspecified atom stereocenters. The van der Waals surface area contributed by atoms with E-state index >= 15 is 0 Å². The van der Waals surface area contributed by atoms with Crippen LogP contribution in [-0.2, 0) is 10.2 Å². The third kappa shape index (κ3) is 4.91. The lowest BCUT2D eigenvalue weighted by Gasteiger charge is -2.39. The van der Waals surface area contributed by atoms with Gasteiger partial charge in [-0.05, 0) is 39.7 Å². The average Bonchev–Trinajstić information content (AvgIpc) is 2.48. The van der Waals surface area contributed by atoms with Crippen molar-refractivity contribution in [2.24, 2.45) is 0 Å². The summed E-state index contributed by atoms with van der Waals surface area (Å²) < 4.78 is 29.7. The quantitative estimate of drug-likeness (QED) is 0.709. The highest BCUT2D eigenvalue weighted by atomic mass is 32.2. The molecule has 1 rings (SSSR count). The van der Waals surface area contributed by atoms with Gasteiger partial charge in [-0.3, -0.25) is 0 Å². The smallest absolute Gasteiger partial charge is 0.282 e. The number of unbranched alkanes of at least 4 members (excludes halogenated alkanes) is 1. The first-order chi connectivity index (χ1) is 9.98. The number of piperidine rings is 1. The fourth-order valence-corrected chi connectivity index (χ4v) is 5.08. The minimum atomic E-state index is -3.35. The molecule has 0 amide bonds. The molecule has 0 radical (unpaired) electrons. The van der Waals surface area contributed by atoms with E-state index in [0.717, 1.165) is 45.1 Å². The first-order valence-electron chi connectivity index (χ1n) is 8.42. The number of rotatable bonds is 9. The number of hydrogen-bond acceptors (Lipinski definition) is 3. The third-order valence-electron chi connectivity index (χ3n) is 4.42. The van der Waals surface area contributed by atoms with Gasteiger partial charge in [0.15, 0.2) is 0 Å². The highest BCUT2D eigenvalue weighted by molar-refractivity contribution is 7.86. The van der Waals surface area contributed by atoms with Gasteiger partial charge >= 0.3 is 0 Å². The summed E-state index contributed by atoms with van der Waals surface area (Å²) in [5, 5.41) is 3.14. The van der Waals surface area contributed by atoms with Gasteiger partial charge in [0.2, 0.25) is 0 Å². The van der Waals surface area contributed by atoms with Crippen LogP contribution in [0.25, 0.3) is 0 Å². The lowest BCUT2D eigenvalue weighted by Crippen LogP contribution is -2.55. The lowest BCUT2D eigenvalue weighted by molar-refractivity contribution is 0.215. The van der Waals surface area contributed by atoms with Crippen LogP contribution in [0, 0.1) is 0 Å². The summed E-state index contributed by atoms with van der Waals surface area (Å²) in [7, 11) is -1.46. The molecule has 1 aliphatic rings. The van der Waals surface area contributed by atoms with Gasteiger partial charge < -0.3 is 5.32 Å². The monoisotopic (exact) mass is 319 g/mol. The van der Waals surface area contributed by atoms with E-state index in [9.17, 15) is 8.42 Å². The van der Waals surface area contributed by atoms with Crippen molar-refractivity contribution in [3.05, 3.63) is 0 Å². The highest BCUT2D eigenvalue weighted by Gasteiger charge is 2.37. The van der Waals surface area contributed by atoms with Gasteiger partial charge in [0.25, 0.3) is 10.2 Å². The topological polar surface area (TPSA) is 52.7 Å². The molecule has 1 heterocycles. The predicted molar refractivity (Wildman–Crippen MR) is 88.6 cm³/mol. The second-order valence-corrected chi connectivity index (χ2v) is 7.88. The normalized spacial score (nSPS) is 22.6. The Hall–Kier alpha value is -0.170. The van der Waals surface area contributed by atoms with Gasteiger partial charge in [-0.25, -0.2) is 0 Å². The zero-order chi connectivity index (χ0) is 15.9. The molecule has 0 aromatic rings. The Morgan fingerprint density at radius 1 is 1.33 bits per heavy atom. The maximum absolute atomic E-state index is 13.1. The molecule has 0 bridgehead atoms. The lowest BCUT2D eigenvalue weighted by atomic mass is 10.1. The molecule has 2 atom stereocenters. The second-order valence-electron chi connectivity index (χ2n) is 6.05. The van der Waals surface area contributed by atoms with Crippen molar-refractivity contribution in [1.82, 2.24) is 13.9 Å². The minimum absolute atomic E-state index is 0.0683. The summed E-state index contributed by atoms with van der Waals surface area (Å²) in [6.07, 6.45) is 5.85. The van der Waals surface area contributed by atoms with Crippen LogP contribution in [0.3, 0.4) is 0 Å². The summed E-state index contributed by atoms with van der Waals surface area (Å²) in [6, 6.07) is 0.167. The summed E-state index contributed by atoms with van der Waals surface area (Å²) in [6.45, 7) is 8.21. The van der Waals surface area contributed by atoms with Crippen LogP contribution in [-0.4, -0.2) is 55.8 Å². The van der Waals surface area contributed by atoms with Crippen LogP contribution in [0.15, 0.2) is 0 Å². The van der Waals surface area contributed by atoms with Crippen LogP contribution in [0.1, 0.15) is 59.3 Å². The third-order valence-corrected chi connectivity index (χ3v) is 6.63. The van der Waals surface area contributed by atoms with E-state index in [1.807, 2.05) is 14.0 Å². The van der Waals surface area contributed by atoms with Crippen molar-refractivity contribution < 1.29 is 8.42 Å². The van der Waals surface area contributed by atoms with Gasteiger partial charge in [-0.15, -0.1) is 0 Å². The molecule has 1 fully saturated rings. The van der Waals surface area contributed by atoms with Gasteiger partial charge in [-0.2, -0.15) is 17.0 Å². The zero-order valence-electron chi connectivity index (χ0n) is 14.1. The Labute approximate surface area is 131 Å². The van der Waals surface area contributed by atoms with E-state index in [0.29, 0.717) is 13.1 Å². The average molecular weight is 320 g/mol. The molecule has 1 aliphatic heterocycles. The molecule has 0 aromatic carbocycles. The Morgan fingerprint density at radius 2 is 2.05 bits per heavy atom. The van der Waals surface area contributed by atoms with E-state index < -0.39 is 10.2 Å². The summed E-state index contributed by atoms with van der Waals surface area (Å²) in [5.74, 6) is 0. The first-order valence-corrected chi connectivity index (χ1v) is 9.81. The van der Waals surface area contributed by atoms with Crippen molar-refractivity contribution in [2.75, 3.05) is 26.7 Å². The molecule has 0 spiro atoms. The molecule has 21 heavy (non-hydrogen) atoms. The maximum atomic E-state index is 13.1. The molecule has 0 aliphatic carbocycles. The van der Waals surface area contributed by atoms with E-state index in [-0.39, 0.29) is 12.1 Å². The molecular formula is C15H33N3O2S. The second kappa shape index (κ2) is 9.08. The first kappa shape index (κ1) is 18.9. The summed E-state index contributed by atoms with van der Waals surface area (Å²) >= 11 is 0. The van der Waals surface area contributed by atoms with Gasteiger partial charge in [0, 0.05) is 31.7 Å². The highest BCUT2D eigenvalue weighted by Crippen LogP contribution is 2.24. The molecule has 0 saturated carbocycles. The van der Waals surface area contributed by atoms with Crippen molar-refractivity contribution in [2.45, 2.75) is 71.4 Å². The van der Waals surface area contributed by atoms with Gasteiger partial charge in [-0.1, -0.05) is 26.7 Å². The van der Waals surface area contributed by atoms with Crippen molar-refractivity contribution in [1.29, 1.82) is 0 Å². The number of likely N-dealkylation sites (N-methyl/N-ethyl adjacent to an activating group) is 1. The zero-order valence-corrected chi connectivity index (χ0v) is 15.0. The van der Waals surface area contributed by atoms with Crippen LogP contribution in [0.2, 0.25) is 0 Å². The number of nitrogens with one attached hydrogen (secondary N) is 1. The van der Waals surface area contributed by atoms with Gasteiger partial charge in [0.05, 0.1) is 0 Å². The van der Waals surface area contributed by atoms with Crippen molar-refractivity contribution in [3.63, 3.8) is 0 Å². The number of nitrogens with zero attached hydrogens (tertiary/aromatic N) is 2. The van der Waals surface area contributed by atoms with E-state index in [1.54, 1.807) is 8.61 Å². The van der Waals surface area contributed by atoms with E-state index in [2.05, 4.69) is 19.2 Å². The van der Waals surface area contributed by atoms with Crippen LogP contribution in [0.4, 0.5) is 0 Å². The SMILES string of the molecule is CCCCN(C(C)CC)S(=O)(=O)N1CCCCC1CNC. The Bertz CT molecular complexity index is 376. The summed E-state index contributed by atoms with van der Waals surface area (Å²) in [4.78, 5) is 0. The molecule has 6 heteroatoms. The fraction of sp³-hybridized carbons (Fsp3) is 1.00. The Balaban J connectivity index is 2.95. The van der Waals surface area contributed by atoms with E-state index in [4.69, 9.17) is 0 Å². The molecule has 1 saturated heterocycles. The maximum Gasteiger partial charge on any atom is 0.282 e. The van der Waals surface area contributed by atoms with Crippen LogP contribution < -0.4 is 5.32 Å². The Kier molecular flexibility index (Phi) is 8.16. The van der Waals surface area contributed by atoms with Crippen LogP contribution >= 0.6 is 0 Å². The van der Waals surface area contributed by atoms with Gasteiger partial charge in [0.1, 0.15) is 0 Å².